The van der Waals surface area contributed by atoms with E-state index in [2.05, 4.69) is 10.6 Å². The Bertz CT molecular complexity index is 433. The van der Waals surface area contributed by atoms with Gasteiger partial charge >= 0.3 is 0 Å². The van der Waals surface area contributed by atoms with Crippen molar-refractivity contribution in [2.45, 2.75) is 70.9 Å². The first kappa shape index (κ1) is 16.0. The van der Waals surface area contributed by atoms with E-state index in [-0.39, 0.29) is 11.9 Å². The zero-order valence-corrected chi connectivity index (χ0v) is 13.3. The quantitative estimate of drug-likeness (QED) is 0.878. The average Bonchev–Trinajstić information content (AvgIpc) is 2.44. The van der Waals surface area contributed by atoms with Crippen LogP contribution in [-0.2, 0) is 4.79 Å². The standard InChI is InChI=1S/C18H28N2O/c1-14-10-12-17(13-11-14)20-18(21)15(2)19-16-8-6-4-3-5-7-9-16/h10-13,15-16,19H,3-9H2,1-2H3,(H,20,21). The molecule has 0 saturated heterocycles. The SMILES string of the molecule is Cc1ccc(NC(=O)C(C)NC2CCCCCCC2)cc1. The van der Waals surface area contributed by atoms with Crippen LogP contribution in [0.5, 0.6) is 0 Å². The van der Waals surface area contributed by atoms with E-state index in [1.165, 1.54) is 50.5 Å². The second-order valence-corrected chi connectivity index (χ2v) is 6.29. The molecule has 1 unspecified atom stereocenters. The van der Waals surface area contributed by atoms with E-state index in [0.29, 0.717) is 6.04 Å². The molecule has 2 rings (SSSR count). The average molecular weight is 288 g/mol. The third kappa shape index (κ3) is 5.50. The third-order valence-electron chi connectivity index (χ3n) is 4.30. The number of aryl methyl sites for hydroxylation is 1. The van der Waals surface area contributed by atoms with Crippen molar-refractivity contribution >= 4 is 11.6 Å². The van der Waals surface area contributed by atoms with Gasteiger partial charge in [-0.3, -0.25) is 4.79 Å². The Morgan fingerprint density at radius 2 is 1.62 bits per heavy atom. The largest absolute Gasteiger partial charge is 0.325 e. The maximum Gasteiger partial charge on any atom is 0.241 e. The van der Waals surface area contributed by atoms with Crippen molar-refractivity contribution in [1.29, 1.82) is 0 Å². The topological polar surface area (TPSA) is 41.1 Å². The van der Waals surface area contributed by atoms with E-state index in [0.717, 1.165) is 5.69 Å². The Balaban J connectivity index is 1.82. The molecule has 0 spiro atoms. The fraction of sp³-hybridized carbons (Fsp3) is 0.611. The summed E-state index contributed by atoms with van der Waals surface area (Å²) in [5, 5.41) is 6.49. The van der Waals surface area contributed by atoms with Crippen LogP contribution in [0, 0.1) is 6.92 Å². The highest BCUT2D eigenvalue weighted by atomic mass is 16.2. The van der Waals surface area contributed by atoms with Crippen LogP contribution >= 0.6 is 0 Å². The second-order valence-electron chi connectivity index (χ2n) is 6.29. The van der Waals surface area contributed by atoms with Gasteiger partial charge in [0.05, 0.1) is 6.04 Å². The molecule has 0 radical (unpaired) electrons. The van der Waals surface area contributed by atoms with E-state index in [9.17, 15) is 4.79 Å². The van der Waals surface area contributed by atoms with Gasteiger partial charge in [0.2, 0.25) is 5.91 Å². The van der Waals surface area contributed by atoms with Gasteiger partial charge in [-0.15, -0.1) is 0 Å². The fourth-order valence-corrected chi connectivity index (χ4v) is 2.94. The fourth-order valence-electron chi connectivity index (χ4n) is 2.94. The first-order valence-electron chi connectivity index (χ1n) is 8.29. The van der Waals surface area contributed by atoms with Crippen LogP contribution < -0.4 is 10.6 Å². The van der Waals surface area contributed by atoms with Crippen LogP contribution in [0.2, 0.25) is 0 Å². The summed E-state index contributed by atoms with van der Waals surface area (Å²) in [5.41, 5.74) is 2.07. The molecule has 3 heteroatoms. The molecule has 21 heavy (non-hydrogen) atoms. The zero-order valence-electron chi connectivity index (χ0n) is 13.3. The Morgan fingerprint density at radius 1 is 1.05 bits per heavy atom. The van der Waals surface area contributed by atoms with E-state index < -0.39 is 0 Å². The number of amides is 1. The van der Waals surface area contributed by atoms with E-state index in [1.54, 1.807) is 0 Å². The molecule has 1 atom stereocenters. The Labute approximate surface area is 128 Å². The molecule has 0 heterocycles. The minimum Gasteiger partial charge on any atom is -0.325 e. The minimum absolute atomic E-state index is 0.0564. The third-order valence-corrected chi connectivity index (χ3v) is 4.30. The van der Waals surface area contributed by atoms with Crippen molar-refractivity contribution in [2.75, 3.05) is 5.32 Å². The number of carbonyl (C=O) groups is 1. The number of rotatable bonds is 4. The van der Waals surface area contributed by atoms with Crippen molar-refractivity contribution < 1.29 is 4.79 Å². The summed E-state index contributed by atoms with van der Waals surface area (Å²) in [6.45, 7) is 4.01. The summed E-state index contributed by atoms with van der Waals surface area (Å²) >= 11 is 0. The Hall–Kier alpha value is -1.35. The molecular formula is C18H28N2O. The summed E-state index contributed by atoms with van der Waals surface area (Å²) in [6.07, 6.45) is 9.00. The van der Waals surface area contributed by atoms with Gasteiger partial charge in [-0.2, -0.15) is 0 Å². The van der Waals surface area contributed by atoms with Crippen LogP contribution in [0.3, 0.4) is 0 Å². The summed E-state index contributed by atoms with van der Waals surface area (Å²) in [5.74, 6) is 0.0564. The highest BCUT2D eigenvalue weighted by Crippen LogP contribution is 2.17. The van der Waals surface area contributed by atoms with Crippen molar-refractivity contribution in [3.8, 4) is 0 Å². The smallest absolute Gasteiger partial charge is 0.241 e. The lowest BCUT2D eigenvalue weighted by Crippen LogP contribution is -2.44. The van der Waals surface area contributed by atoms with Crippen LogP contribution in [0.25, 0.3) is 0 Å². The maximum absolute atomic E-state index is 12.3. The van der Waals surface area contributed by atoms with Crippen LogP contribution in [-0.4, -0.2) is 18.0 Å². The highest BCUT2D eigenvalue weighted by molar-refractivity contribution is 5.94. The first-order chi connectivity index (χ1) is 10.1. The minimum atomic E-state index is -0.143. The van der Waals surface area contributed by atoms with Gasteiger partial charge in [0.1, 0.15) is 0 Å². The molecule has 1 aromatic carbocycles. The molecule has 1 aliphatic rings. The van der Waals surface area contributed by atoms with Crippen molar-refractivity contribution in [3.05, 3.63) is 29.8 Å². The lowest BCUT2D eigenvalue weighted by Gasteiger charge is -2.24. The number of anilines is 1. The van der Waals surface area contributed by atoms with Gasteiger partial charge in [0.15, 0.2) is 0 Å². The van der Waals surface area contributed by atoms with Crippen molar-refractivity contribution in [3.63, 3.8) is 0 Å². The van der Waals surface area contributed by atoms with Gasteiger partial charge in [-0.05, 0) is 38.8 Å². The molecular weight excluding hydrogens is 260 g/mol. The van der Waals surface area contributed by atoms with Crippen molar-refractivity contribution in [1.82, 2.24) is 5.32 Å². The summed E-state index contributed by atoms with van der Waals surface area (Å²) in [4.78, 5) is 12.3. The summed E-state index contributed by atoms with van der Waals surface area (Å²) in [6, 6.07) is 8.29. The van der Waals surface area contributed by atoms with Gasteiger partial charge in [-0.1, -0.05) is 49.8 Å². The molecule has 0 aliphatic heterocycles. The molecule has 3 nitrogen and oxygen atoms in total. The number of carbonyl (C=O) groups excluding carboxylic acids is 1. The van der Waals surface area contributed by atoms with Gasteiger partial charge in [0.25, 0.3) is 0 Å². The number of benzene rings is 1. The lowest BCUT2D eigenvalue weighted by atomic mass is 9.96. The molecule has 1 saturated carbocycles. The maximum atomic E-state index is 12.3. The Morgan fingerprint density at radius 3 is 2.24 bits per heavy atom. The summed E-state index contributed by atoms with van der Waals surface area (Å²) < 4.78 is 0. The van der Waals surface area contributed by atoms with E-state index >= 15 is 0 Å². The molecule has 116 valence electrons. The molecule has 0 bridgehead atoms. The predicted molar refractivity (Wildman–Crippen MR) is 88.5 cm³/mol. The molecule has 2 N–H and O–H groups in total. The molecule has 1 fully saturated rings. The van der Waals surface area contributed by atoms with Crippen LogP contribution in [0.1, 0.15) is 57.4 Å². The van der Waals surface area contributed by atoms with Crippen molar-refractivity contribution in [2.24, 2.45) is 0 Å². The van der Waals surface area contributed by atoms with Crippen LogP contribution in [0.4, 0.5) is 5.69 Å². The van der Waals surface area contributed by atoms with Gasteiger partial charge < -0.3 is 10.6 Å². The number of hydrogen-bond donors (Lipinski definition) is 2. The highest BCUT2D eigenvalue weighted by Gasteiger charge is 2.18. The predicted octanol–water partition coefficient (Wildman–Crippen LogP) is 4.02. The molecule has 1 amide bonds. The van der Waals surface area contributed by atoms with Gasteiger partial charge in [-0.25, -0.2) is 0 Å². The molecule has 1 aliphatic carbocycles. The normalized spacial score (nSPS) is 18.6. The van der Waals surface area contributed by atoms with Gasteiger partial charge in [0, 0.05) is 11.7 Å². The number of hydrogen-bond acceptors (Lipinski definition) is 2. The lowest BCUT2D eigenvalue weighted by molar-refractivity contribution is -0.118. The first-order valence-corrected chi connectivity index (χ1v) is 8.29. The van der Waals surface area contributed by atoms with E-state index in [4.69, 9.17) is 0 Å². The monoisotopic (exact) mass is 288 g/mol. The molecule has 1 aromatic rings. The Kier molecular flexibility index (Phi) is 6.24. The second kappa shape index (κ2) is 8.18. The zero-order chi connectivity index (χ0) is 15.1. The molecule has 0 aromatic heterocycles. The van der Waals surface area contributed by atoms with E-state index in [1.807, 2.05) is 38.1 Å². The van der Waals surface area contributed by atoms with Crippen LogP contribution in [0.15, 0.2) is 24.3 Å². The number of nitrogens with one attached hydrogen (secondary N) is 2. The summed E-state index contributed by atoms with van der Waals surface area (Å²) in [7, 11) is 0.